The number of pyridine rings is 5. The Morgan fingerprint density at radius 2 is 1.08 bits per heavy atom. The molecule has 0 radical (unpaired) electrons. The molecular formula is C37H37N13. The van der Waals surface area contributed by atoms with Crippen molar-refractivity contribution in [2.45, 2.75) is 0 Å². The van der Waals surface area contributed by atoms with Crippen LogP contribution in [0.4, 0.5) is 0 Å². The molecule has 0 aliphatic rings. The Morgan fingerprint density at radius 1 is 0.460 bits per heavy atom. The van der Waals surface area contributed by atoms with Crippen LogP contribution in [0, 0.1) is 0 Å². The maximum Gasteiger partial charge on any atom is 0.177 e. The van der Waals surface area contributed by atoms with Crippen molar-refractivity contribution in [3.8, 4) is 0 Å². The Hall–Kier alpha value is -6.76. The van der Waals surface area contributed by atoms with Crippen LogP contribution in [0.15, 0.2) is 135 Å². The van der Waals surface area contributed by atoms with Crippen LogP contribution in [-0.2, 0) is 35.2 Å². The van der Waals surface area contributed by atoms with Gasteiger partial charge >= 0.3 is 0 Å². The van der Waals surface area contributed by atoms with Crippen LogP contribution in [0.5, 0.6) is 0 Å². The van der Waals surface area contributed by atoms with E-state index in [0.717, 1.165) is 38.7 Å². The summed E-state index contributed by atoms with van der Waals surface area (Å²) in [6, 6.07) is 17.8. The maximum atomic E-state index is 4.18. The van der Waals surface area contributed by atoms with E-state index in [1.807, 2.05) is 127 Å². The third-order valence-electron chi connectivity index (χ3n) is 7.77. The molecule has 13 nitrogen and oxygen atoms in total. The van der Waals surface area contributed by atoms with Crippen LogP contribution in [-0.4, -0.2) is 62.9 Å². The normalized spacial score (nSPS) is 10.5. The SMILES string of the molecule is Cn1cc2ccncc2c1.Cn1ccc2ncccc21.Cn1cnc2cnccc21.Cn1cnc2ncccc21.Cn1ncc2ncccc21. The quantitative estimate of drug-likeness (QED) is 0.192. The fourth-order valence-corrected chi connectivity index (χ4v) is 5.16. The lowest BCUT2D eigenvalue weighted by Gasteiger charge is -1.91. The number of hydrogen-bond donors (Lipinski definition) is 0. The first-order valence-corrected chi connectivity index (χ1v) is 15.7. The van der Waals surface area contributed by atoms with Crippen molar-refractivity contribution in [2.24, 2.45) is 35.2 Å². The number of imidazole rings is 2. The molecule has 0 N–H and O–H groups in total. The Bertz CT molecular complexity index is 2250. The van der Waals surface area contributed by atoms with Gasteiger partial charge in [-0.25, -0.2) is 15.0 Å². The molecule has 0 fully saturated rings. The molecule has 10 rings (SSSR count). The van der Waals surface area contributed by atoms with Crippen molar-refractivity contribution >= 4 is 55.0 Å². The van der Waals surface area contributed by atoms with Gasteiger partial charge in [-0.05, 0) is 54.6 Å². The van der Waals surface area contributed by atoms with Gasteiger partial charge < -0.3 is 18.3 Å². The van der Waals surface area contributed by atoms with Crippen LogP contribution < -0.4 is 0 Å². The highest BCUT2D eigenvalue weighted by atomic mass is 15.3. The average molecular weight is 664 g/mol. The number of aromatic nitrogens is 13. The number of hydrogen-bond acceptors (Lipinski definition) is 8. The minimum Gasteiger partial charge on any atom is -0.356 e. The van der Waals surface area contributed by atoms with E-state index in [9.17, 15) is 0 Å². The smallest absolute Gasteiger partial charge is 0.177 e. The van der Waals surface area contributed by atoms with Gasteiger partial charge in [0.25, 0.3) is 0 Å². The van der Waals surface area contributed by atoms with Crippen molar-refractivity contribution in [1.82, 2.24) is 62.9 Å². The summed E-state index contributed by atoms with van der Waals surface area (Å²) < 4.78 is 9.82. The molecule has 0 spiro atoms. The molecule has 13 heteroatoms. The molecule has 10 aromatic rings. The topological polar surface area (TPSA) is 128 Å². The fourth-order valence-electron chi connectivity index (χ4n) is 5.16. The first-order chi connectivity index (χ1) is 24.4. The molecule has 10 heterocycles. The predicted octanol–water partition coefficient (Wildman–Crippen LogP) is 6.05. The van der Waals surface area contributed by atoms with E-state index >= 15 is 0 Å². The Labute approximate surface area is 288 Å². The first-order valence-electron chi connectivity index (χ1n) is 15.7. The molecule has 0 unspecified atom stereocenters. The standard InChI is InChI=1S/2C8H8N2.3C7H7N3/c1-10-5-7-2-3-9-4-8(7)6-10;1-10-6-4-7-8(10)3-2-5-9-7;1-10-5-9-6-4-8-3-2-7(6)10;1-10-7-3-2-4-8-6(7)5-9-10;1-10-5-9-7-6(10)3-2-4-8-7/h2*2-6H,1H3;3*2-5H,1H3. The highest BCUT2D eigenvalue weighted by Gasteiger charge is 1.98. The largest absolute Gasteiger partial charge is 0.356 e. The van der Waals surface area contributed by atoms with Gasteiger partial charge in [0.05, 0.1) is 52.6 Å². The monoisotopic (exact) mass is 663 g/mol. The maximum absolute atomic E-state index is 4.18. The summed E-state index contributed by atoms with van der Waals surface area (Å²) in [5, 5.41) is 6.50. The summed E-state index contributed by atoms with van der Waals surface area (Å²) in [5.41, 5.74) is 8.22. The van der Waals surface area contributed by atoms with Gasteiger partial charge in [0.15, 0.2) is 5.65 Å². The molecule has 10 aromatic heterocycles. The van der Waals surface area contributed by atoms with E-state index in [2.05, 4.69) is 63.0 Å². The van der Waals surface area contributed by atoms with Crippen LogP contribution in [0.1, 0.15) is 0 Å². The van der Waals surface area contributed by atoms with Crippen molar-refractivity contribution in [3.63, 3.8) is 0 Å². The molecule has 0 atom stereocenters. The van der Waals surface area contributed by atoms with Gasteiger partial charge in [-0.2, -0.15) is 5.10 Å². The lowest BCUT2D eigenvalue weighted by molar-refractivity contribution is 0.797. The van der Waals surface area contributed by atoms with Gasteiger partial charge in [-0.15, -0.1) is 0 Å². The second kappa shape index (κ2) is 15.4. The highest BCUT2D eigenvalue weighted by Crippen LogP contribution is 2.12. The number of nitrogens with zero attached hydrogens (tertiary/aromatic N) is 13. The molecule has 0 aromatic carbocycles. The van der Waals surface area contributed by atoms with E-state index in [0.29, 0.717) is 0 Å². The van der Waals surface area contributed by atoms with Gasteiger partial charge in [0.2, 0.25) is 0 Å². The Morgan fingerprint density at radius 3 is 1.82 bits per heavy atom. The van der Waals surface area contributed by atoms with E-state index in [1.54, 1.807) is 43.6 Å². The van der Waals surface area contributed by atoms with E-state index in [-0.39, 0.29) is 0 Å². The first kappa shape index (κ1) is 33.2. The number of aryl methyl sites for hydroxylation is 5. The summed E-state index contributed by atoms with van der Waals surface area (Å²) in [7, 11) is 9.86. The molecule has 0 bridgehead atoms. The number of rotatable bonds is 0. The number of fused-ring (bicyclic) bond motifs is 5. The van der Waals surface area contributed by atoms with Crippen LogP contribution in [0.2, 0.25) is 0 Å². The van der Waals surface area contributed by atoms with E-state index < -0.39 is 0 Å². The molecule has 250 valence electrons. The lowest BCUT2D eigenvalue weighted by atomic mass is 10.3. The second-order valence-electron chi connectivity index (χ2n) is 11.4. The van der Waals surface area contributed by atoms with Crippen molar-refractivity contribution < 1.29 is 0 Å². The zero-order valence-electron chi connectivity index (χ0n) is 28.5. The molecule has 0 saturated carbocycles. The summed E-state index contributed by atoms with van der Waals surface area (Å²) >= 11 is 0. The lowest BCUT2D eigenvalue weighted by Crippen LogP contribution is -1.87. The predicted molar refractivity (Wildman–Crippen MR) is 197 cm³/mol. The summed E-state index contributed by atoms with van der Waals surface area (Å²) in [6.45, 7) is 0. The zero-order chi connectivity index (χ0) is 34.9. The summed E-state index contributed by atoms with van der Waals surface area (Å²) in [4.78, 5) is 28.5. The molecule has 0 aliphatic heterocycles. The van der Waals surface area contributed by atoms with Gasteiger partial charge in [-0.3, -0.25) is 24.6 Å². The van der Waals surface area contributed by atoms with E-state index in [4.69, 9.17) is 0 Å². The molecule has 50 heavy (non-hydrogen) atoms. The Balaban J connectivity index is 0.000000108. The average Bonchev–Trinajstić information content (AvgIpc) is 3.99. The second-order valence-corrected chi connectivity index (χ2v) is 11.4. The Kier molecular flexibility index (Phi) is 10.2. The van der Waals surface area contributed by atoms with Crippen LogP contribution in [0.25, 0.3) is 55.0 Å². The minimum atomic E-state index is 0.810. The summed E-state index contributed by atoms with van der Waals surface area (Å²) in [6.07, 6.45) is 24.0. The third-order valence-corrected chi connectivity index (χ3v) is 7.77. The zero-order valence-corrected chi connectivity index (χ0v) is 28.5. The molecule has 0 amide bonds. The summed E-state index contributed by atoms with van der Waals surface area (Å²) in [5.74, 6) is 0. The van der Waals surface area contributed by atoms with Crippen molar-refractivity contribution in [3.05, 3.63) is 135 Å². The highest BCUT2D eigenvalue weighted by molar-refractivity contribution is 5.81. The van der Waals surface area contributed by atoms with Gasteiger partial charge in [-0.1, -0.05) is 0 Å². The molecule has 0 aliphatic carbocycles. The van der Waals surface area contributed by atoms with Crippen LogP contribution >= 0.6 is 0 Å². The van der Waals surface area contributed by atoms with Gasteiger partial charge in [0, 0.05) is 102 Å². The fraction of sp³-hybridized carbons (Fsp3) is 0.135. The van der Waals surface area contributed by atoms with Crippen molar-refractivity contribution in [2.75, 3.05) is 0 Å². The van der Waals surface area contributed by atoms with Crippen LogP contribution in [0.3, 0.4) is 0 Å². The van der Waals surface area contributed by atoms with Crippen molar-refractivity contribution in [1.29, 1.82) is 0 Å². The molecule has 0 saturated heterocycles. The minimum absolute atomic E-state index is 0.810. The van der Waals surface area contributed by atoms with Gasteiger partial charge in [0.1, 0.15) is 11.0 Å². The molecular weight excluding hydrogens is 626 g/mol. The third kappa shape index (κ3) is 7.85. The van der Waals surface area contributed by atoms with E-state index in [1.165, 1.54) is 16.3 Å².